The first-order valence-electron chi connectivity index (χ1n) is 9.21. The lowest BCUT2D eigenvalue weighted by atomic mass is 9.81. The average Bonchev–Trinajstić information content (AvgIpc) is 2.69. The van der Waals surface area contributed by atoms with Gasteiger partial charge >= 0.3 is 0 Å². The summed E-state index contributed by atoms with van der Waals surface area (Å²) in [6.07, 6.45) is 0. The maximum absolute atomic E-state index is 13.4. The van der Waals surface area contributed by atoms with Crippen LogP contribution in [-0.2, 0) is 0 Å². The highest BCUT2D eigenvalue weighted by atomic mass is 16.2. The van der Waals surface area contributed by atoms with E-state index in [1.165, 1.54) is 0 Å². The van der Waals surface area contributed by atoms with E-state index in [1.807, 2.05) is 18.2 Å². The second-order valence-electron chi connectivity index (χ2n) is 6.97. The molecule has 3 heteroatoms. The fraction of sp³-hybridized carbons (Fsp3) is 0.160. The van der Waals surface area contributed by atoms with Crippen molar-refractivity contribution in [1.82, 2.24) is 0 Å². The fourth-order valence-corrected chi connectivity index (χ4v) is 3.37. The Morgan fingerprint density at radius 3 is 1.00 bits per heavy atom. The highest BCUT2D eigenvalue weighted by Crippen LogP contribution is 2.24. The maximum atomic E-state index is 13.4. The van der Waals surface area contributed by atoms with Crippen molar-refractivity contribution >= 4 is 17.3 Å². The number of aryl methyl sites for hydroxylation is 3. The highest BCUT2D eigenvalue weighted by molar-refractivity contribution is 6.31. The van der Waals surface area contributed by atoms with Gasteiger partial charge in [-0.2, -0.15) is 0 Å². The van der Waals surface area contributed by atoms with Gasteiger partial charge in [-0.1, -0.05) is 72.8 Å². The van der Waals surface area contributed by atoms with Crippen molar-refractivity contribution in [2.24, 2.45) is 5.92 Å². The lowest BCUT2D eigenvalue weighted by Crippen LogP contribution is -2.33. The molecule has 0 N–H and O–H groups in total. The van der Waals surface area contributed by atoms with E-state index in [9.17, 15) is 14.4 Å². The SMILES string of the molecule is Cc1ccccc1C(=O)C(C(=O)c1ccccc1C)C(=O)c1ccccc1C. The molecule has 3 nitrogen and oxygen atoms in total. The molecule has 0 radical (unpaired) electrons. The Hall–Kier alpha value is -3.33. The molecule has 0 amide bonds. The van der Waals surface area contributed by atoms with Crippen LogP contribution in [0.4, 0.5) is 0 Å². The third kappa shape index (κ3) is 3.70. The van der Waals surface area contributed by atoms with Gasteiger partial charge in [0.25, 0.3) is 0 Å². The van der Waals surface area contributed by atoms with Gasteiger partial charge in [-0.05, 0) is 37.5 Å². The first-order valence-corrected chi connectivity index (χ1v) is 9.21. The van der Waals surface area contributed by atoms with Crippen LogP contribution in [0.2, 0.25) is 0 Å². The van der Waals surface area contributed by atoms with Crippen LogP contribution in [0.15, 0.2) is 72.8 Å². The summed E-state index contributed by atoms with van der Waals surface area (Å²) in [5.41, 5.74) is 3.43. The Morgan fingerprint density at radius 1 is 0.500 bits per heavy atom. The Labute approximate surface area is 165 Å². The molecule has 3 aromatic rings. The Kier molecular flexibility index (Phi) is 5.65. The standard InChI is InChI=1S/C25H22O3/c1-16-10-4-7-13-19(16)23(26)22(24(27)20-14-8-5-11-17(20)2)25(28)21-15-9-6-12-18(21)3/h4-15,22H,1-3H3. The van der Waals surface area contributed by atoms with Crippen LogP contribution in [-0.4, -0.2) is 17.3 Å². The van der Waals surface area contributed by atoms with E-state index in [4.69, 9.17) is 0 Å². The summed E-state index contributed by atoms with van der Waals surface area (Å²) in [7, 11) is 0. The molecule has 0 saturated heterocycles. The summed E-state index contributed by atoms with van der Waals surface area (Å²) in [5, 5.41) is 0. The van der Waals surface area contributed by atoms with Crippen LogP contribution in [0.5, 0.6) is 0 Å². The maximum Gasteiger partial charge on any atom is 0.181 e. The van der Waals surface area contributed by atoms with Gasteiger partial charge in [0.15, 0.2) is 17.3 Å². The van der Waals surface area contributed by atoms with E-state index < -0.39 is 23.3 Å². The molecule has 0 aliphatic carbocycles. The summed E-state index contributed by atoms with van der Waals surface area (Å²) >= 11 is 0. The Balaban J connectivity index is 2.14. The van der Waals surface area contributed by atoms with Crippen molar-refractivity contribution in [3.05, 3.63) is 106 Å². The van der Waals surface area contributed by atoms with Gasteiger partial charge in [-0.15, -0.1) is 0 Å². The Bertz CT molecular complexity index is 926. The van der Waals surface area contributed by atoms with E-state index in [0.717, 1.165) is 16.7 Å². The summed E-state index contributed by atoms with van der Waals surface area (Å²) in [6.45, 7) is 5.42. The number of hydrogen-bond acceptors (Lipinski definition) is 3. The van der Waals surface area contributed by atoms with Gasteiger partial charge < -0.3 is 0 Å². The van der Waals surface area contributed by atoms with Crippen LogP contribution in [0.1, 0.15) is 47.8 Å². The van der Waals surface area contributed by atoms with Crippen LogP contribution >= 0.6 is 0 Å². The number of carbonyl (C=O) groups excluding carboxylic acids is 3. The second-order valence-corrected chi connectivity index (χ2v) is 6.97. The topological polar surface area (TPSA) is 51.2 Å². The first kappa shape index (κ1) is 19.4. The van der Waals surface area contributed by atoms with Crippen molar-refractivity contribution in [3.63, 3.8) is 0 Å². The van der Waals surface area contributed by atoms with Gasteiger partial charge in [0.05, 0.1) is 0 Å². The largest absolute Gasteiger partial charge is 0.293 e. The Morgan fingerprint density at radius 2 is 0.750 bits per heavy atom. The van der Waals surface area contributed by atoms with Crippen molar-refractivity contribution < 1.29 is 14.4 Å². The minimum absolute atomic E-state index is 0.399. The van der Waals surface area contributed by atoms with Crippen LogP contribution in [0.25, 0.3) is 0 Å². The predicted octanol–water partition coefficient (Wildman–Crippen LogP) is 5.18. The van der Waals surface area contributed by atoms with E-state index in [-0.39, 0.29) is 0 Å². The van der Waals surface area contributed by atoms with Gasteiger partial charge in [0.2, 0.25) is 0 Å². The van der Waals surface area contributed by atoms with Crippen molar-refractivity contribution in [1.29, 1.82) is 0 Å². The molecule has 3 rings (SSSR count). The zero-order valence-corrected chi connectivity index (χ0v) is 16.2. The van der Waals surface area contributed by atoms with Gasteiger partial charge in [-0.3, -0.25) is 14.4 Å². The lowest BCUT2D eigenvalue weighted by Gasteiger charge is -2.17. The minimum Gasteiger partial charge on any atom is -0.293 e. The van der Waals surface area contributed by atoms with E-state index in [1.54, 1.807) is 75.4 Å². The van der Waals surface area contributed by atoms with E-state index in [0.29, 0.717) is 16.7 Å². The van der Waals surface area contributed by atoms with Gasteiger partial charge in [0, 0.05) is 16.7 Å². The molecule has 140 valence electrons. The number of hydrogen-bond donors (Lipinski definition) is 0. The molecule has 3 aromatic carbocycles. The number of rotatable bonds is 6. The summed E-state index contributed by atoms with van der Waals surface area (Å²) in [5.74, 6) is -2.78. The van der Waals surface area contributed by atoms with Gasteiger partial charge in [-0.25, -0.2) is 0 Å². The fourth-order valence-electron chi connectivity index (χ4n) is 3.37. The molecule has 0 unspecified atom stereocenters. The molecule has 0 aromatic heterocycles. The molecule has 0 spiro atoms. The number of benzene rings is 3. The molecule has 0 aliphatic rings. The predicted molar refractivity (Wildman–Crippen MR) is 110 cm³/mol. The lowest BCUT2D eigenvalue weighted by molar-refractivity contribution is 0.0733. The molecular weight excluding hydrogens is 348 g/mol. The highest BCUT2D eigenvalue weighted by Gasteiger charge is 2.37. The number of ketones is 3. The summed E-state index contributed by atoms with van der Waals surface area (Å²) in [6, 6.07) is 21.1. The molecule has 0 aliphatic heterocycles. The molecule has 0 saturated carbocycles. The first-order chi connectivity index (χ1) is 13.4. The molecular formula is C25H22O3. The molecule has 0 bridgehead atoms. The van der Waals surface area contributed by atoms with Crippen molar-refractivity contribution in [2.75, 3.05) is 0 Å². The van der Waals surface area contributed by atoms with Crippen LogP contribution < -0.4 is 0 Å². The molecule has 0 atom stereocenters. The van der Waals surface area contributed by atoms with Crippen LogP contribution in [0.3, 0.4) is 0 Å². The van der Waals surface area contributed by atoms with Crippen LogP contribution in [0, 0.1) is 26.7 Å². The quantitative estimate of drug-likeness (QED) is 0.444. The third-order valence-electron chi connectivity index (χ3n) is 5.02. The average molecular weight is 370 g/mol. The normalized spacial score (nSPS) is 10.7. The van der Waals surface area contributed by atoms with Crippen molar-refractivity contribution in [3.8, 4) is 0 Å². The second kappa shape index (κ2) is 8.13. The molecule has 0 fully saturated rings. The monoisotopic (exact) mass is 370 g/mol. The van der Waals surface area contributed by atoms with E-state index >= 15 is 0 Å². The van der Waals surface area contributed by atoms with Gasteiger partial charge in [0.1, 0.15) is 5.92 Å². The summed E-state index contributed by atoms with van der Waals surface area (Å²) in [4.78, 5) is 40.1. The molecule has 28 heavy (non-hydrogen) atoms. The minimum atomic E-state index is -1.40. The smallest absolute Gasteiger partial charge is 0.181 e. The zero-order valence-electron chi connectivity index (χ0n) is 16.2. The van der Waals surface area contributed by atoms with E-state index in [2.05, 4.69) is 0 Å². The molecule has 0 heterocycles. The third-order valence-corrected chi connectivity index (χ3v) is 5.02. The number of carbonyl (C=O) groups is 3. The number of Topliss-reactive ketones (excluding diaryl/α,β-unsaturated/α-hetero) is 3. The zero-order chi connectivity index (χ0) is 20.3. The van der Waals surface area contributed by atoms with Crippen molar-refractivity contribution in [2.45, 2.75) is 20.8 Å². The summed E-state index contributed by atoms with van der Waals surface area (Å²) < 4.78 is 0.